The van der Waals surface area contributed by atoms with Crippen LogP contribution in [-0.2, 0) is 20.4 Å². The number of carbonyl (C=O) groups excluding carboxylic acids is 2. The summed E-state index contributed by atoms with van der Waals surface area (Å²) in [6.45, 7) is 0.929. The van der Waals surface area contributed by atoms with Crippen LogP contribution in [0.15, 0.2) is 42.5 Å². The molecule has 0 atom stereocenters. The van der Waals surface area contributed by atoms with E-state index in [0.29, 0.717) is 32.0 Å². The maximum Gasteiger partial charge on any atom is 0.416 e. The van der Waals surface area contributed by atoms with Gasteiger partial charge in [0.2, 0.25) is 0 Å². The van der Waals surface area contributed by atoms with Crippen molar-refractivity contribution in [2.24, 2.45) is 0 Å². The number of amides is 1. The molecule has 0 aromatic heterocycles. The Balaban J connectivity index is 1.70. The van der Waals surface area contributed by atoms with E-state index in [9.17, 15) is 32.9 Å². The van der Waals surface area contributed by atoms with Crippen LogP contribution in [0.5, 0.6) is 0 Å². The maximum absolute atomic E-state index is 12.8. The van der Waals surface area contributed by atoms with E-state index in [0.717, 1.165) is 24.3 Å². The van der Waals surface area contributed by atoms with Gasteiger partial charge in [0.05, 0.1) is 35.0 Å². The van der Waals surface area contributed by atoms with Crippen LogP contribution in [0.2, 0.25) is 0 Å². The highest BCUT2D eigenvalue weighted by Crippen LogP contribution is 2.31. The normalized spacial score (nSPS) is 14.0. The fourth-order valence-corrected chi connectivity index (χ4v) is 3.06. The Hall–Kier alpha value is -3.67. The van der Waals surface area contributed by atoms with Crippen LogP contribution >= 0.6 is 0 Å². The average Bonchev–Trinajstić information content (AvgIpc) is 2.77. The summed E-state index contributed by atoms with van der Waals surface area (Å²) in [4.78, 5) is 36.9. The van der Waals surface area contributed by atoms with Crippen LogP contribution in [-0.4, -0.2) is 49.7 Å². The molecular formula is C20H18F3N3O6. The number of hydrogen-bond donors (Lipinski definition) is 1. The molecule has 0 radical (unpaired) electrons. The van der Waals surface area contributed by atoms with Gasteiger partial charge in [0.1, 0.15) is 0 Å². The SMILES string of the molecule is O=C(COC(=O)c1cc([N+](=O)[O-])ccc1N1CCOCC1)Nc1cccc(C(F)(F)F)c1. The number of morpholine rings is 1. The number of hydrogen-bond acceptors (Lipinski definition) is 7. The largest absolute Gasteiger partial charge is 0.452 e. The lowest BCUT2D eigenvalue weighted by Gasteiger charge is -2.30. The number of nitrogens with one attached hydrogen (secondary N) is 1. The van der Waals surface area contributed by atoms with E-state index in [1.807, 2.05) is 0 Å². The van der Waals surface area contributed by atoms with Crippen molar-refractivity contribution in [3.05, 3.63) is 63.7 Å². The van der Waals surface area contributed by atoms with Crippen molar-refractivity contribution in [3.63, 3.8) is 0 Å². The number of alkyl halides is 3. The third-order valence-electron chi connectivity index (χ3n) is 4.57. The van der Waals surface area contributed by atoms with E-state index < -0.39 is 35.1 Å². The first-order valence-electron chi connectivity index (χ1n) is 9.40. The summed E-state index contributed by atoms with van der Waals surface area (Å²) in [6, 6.07) is 7.71. The number of ether oxygens (including phenoxy) is 2. The van der Waals surface area contributed by atoms with Crippen molar-refractivity contribution >= 4 is 28.9 Å². The molecule has 0 saturated carbocycles. The van der Waals surface area contributed by atoms with Gasteiger partial charge in [-0.3, -0.25) is 14.9 Å². The fraction of sp³-hybridized carbons (Fsp3) is 0.300. The van der Waals surface area contributed by atoms with Gasteiger partial charge >= 0.3 is 12.1 Å². The first-order valence-corrected chi connectivity index (χ1v) is 9.40. The molecule has 1 fully saturated rings. The lowest BCUT2D eigenvalue weighted by atomic mass is 10.1. The first kappa shape index (κ1) is 23.0. The number of nitro groups is 1. The summed E-state index contributed by atoms with van der Waals surface area (Å²) in [5, 5.41) is 13.3. The zero-order valence-corrected chi connectivity index (χ0v) is 16.6. The molecule has 0 aliphatic carbocycles. The minimum atomic E-state index is -4.58. The van der Waals surface area contributed by atoms with E-state index >= 15 is 0 Å². The lowest BCUT2D eigenvalue weighted by molar-refractivity contribution is -0.384. The molecule has 0 unspecified atom stereocenters. The number of non-ortho nitro benzene ring substituents is 1. The van der Waals surface area contributed by atoms with Crippen LogP contribution in [0.1, 0.15) is 15.9 Å². The molecule has 9 nitrogen and oxygen atoms in total. The maximum atomic E-state index is 12.8. The number of halogens is 3. The molecule has 170 valence electrons. The summed E-state index contributed by atoms with van der Waals surface area (Å²) in [6.07, 6.45) is -4.58. The number of benzene rings is 2. The third kappa shape index (κ3) is 5.72. The molecule has 32 heavy (non-hydrogen) atoms. The fourth-order valence-electron chi connectivity index (χ4n) is 3.06. The van der Waals surface area contributed by atoms with Gasteiger partial charge in [-0.1, -0.05) is 6.07 Å². The highest BCUT2D eigenvalue weighted by molar-refractivity contribution is 5.99. The zero-order chi connectivity index (χ0) is 23.3. The second-order valence-electron chi connectivity index (χ2n) is 6.76. The topological polar surface area (TPSA) is 111 Å². The Morgan fingerprint density at radius 1 is 1.16 bits per heavy atom. The van der Waals surface area contributed by atoms with Crippen LogP contribution in [0.25, 0.3) is 0 Å². The predicted molar refractivity (Wildman–Crippen MR) is 106 cm³/mol. The summed E-state index contributed by atoms with van der Waals surface area (Å²) >= 11 is 0. The summed E-state index contributed by atoms with van der Waals surface area (Å²) in [5.74, 6) is -1.84. The van der Waals surface area contributed by atoms with E-state index in [-0.39, 0.29) is 16.9 Å². The highest BCUT2D eigenvalue weighted by atomic mass is 19.4. The van der Waals surface area contributed by atoms with Gasteiger partial charge in [-0.15, -0.1) is 0 Å². The molecule has 0 bridgehead atoms. The van der Waals surface area contributed by atoms with Crippen molar-refractivity contribution in [2.45, 2.75) is 6.18 Å². The second-order valence-corrected chi connectivity index (χ2v) is 6.76. The van der Waals surface area contributed by atoms with Gasteiger partial charge in [0.25, 0.3) is 11.6 Å². The second kappa shape index (κ2) is 9.64. The number of nitro benzene ring substituents is 1. The molecule has 1 heterocycles. The monoisotopic (exact) mass is 453 g/mol. The Morgan fingerprint density at radius 2 is 1.88 bits per heavy atom. The van der Waals surface area contributed by atoms with Crippen molar-refractivity contribution in [2.75, 3.05) is 43.1 Å². The van der Waals surface area contributed by atoms with Crippen LogP contribution in [0.4, 0.5) is 30.2 Å². The van der Waals surface area contributed by atoms with E-state index in [1.54, 1.807) is 4.90 Å². The third-order valence-corrected chi connectivity index (χ3v) is 4.57. The molecule has 1 aliphatic heterocycles. The zero-order valence-electron chi connectivity index (χ0n) is 16.6. The highest BCUT2D eigenvalue weighted by Gasteiger charge is 2.30. The van der Waals surface area contributed by atoms with Gasteiger partial charge < -0.3 is 19.7 Å². The van der Waals surface area contributed by atoms with Gasteiger partial charge in [-0.05, 0) is 24.3 Å². The number of carbonyl (C=O) groups is 2. The van der Waals surface area contributed by atoms with Crippen molar-refractivity contribution in [3.8, 4) is 0 Å². The standard InChI is InChI=1S/C20H18F3N3O6/c21-20(22,23)13-2-1-3-14(10-13)24-18(27)12-32-19(28)16-11-15(26(29)30)4-5-17(16)25-6-8-31-9-7-25/h1-5,10-11H,6-9,12H2,(H,24,27). The minimum absolute atomic E-state index is 0.104. The number of anilines is 2. The minimum Gasteiger partial charge on any atom is -0.452 e. The van der Waals surface area contributed by atoms with Gasteiger partial charge in [0, 0.05) is 30.9 Å². The molecule has 3 rings (SSSR count). The average molecular weight is 453 g/mol. The number of nitrogens with zero attached hydrogens (tertiary/aromatic N) is 2. The van der Waals surface area contributed by atoms with E-state index in [4.69, 9.17) is 9.47 Å². The van der Waals surface area contributed by atoms with Gasteiger partial charge in [-0.25, -0.2) is 4.79 Å². The summed E-state index contributed by atoms with van der Waals surface area (Å²) < 4.78 is 48.6. The lowest BCUT2D eigenvalue weighted by Crippen LogP contribution is -2.37. The van der Waals surface area contributed by atoms with Crippen molar-refractivity contribution < 1.29 is 37.2 Å². The molecule has 1 saturated heterocycles. The number of rotatable bonds is 6. The smallest absolute Gasteiger partial charge is 0.416 e. The molecule has 2 aromatic rings. The van der Waals surface area contributed by atoms with Crippen molar-refractivity contribution in [1.29, 1.82) is 0 Å². The van der Waals surface area contributed by atoms with E-state index in [2.05, 4.69) is 5.32 Å². The molecule has 1 amide bonds. The molecule has 1 aliphatic rings. The Kier molecular flexibility index (Phi) is 6.93. The number of esters is 1. The summed E-state index contributed by atoms with van der Waals surface area (Å²) in [7, 11) is 0. The molecule has 2 aromatic carbocycles. The molecule has 12 heteroatoms. The molecule has 0 spiro atoms. The van der Waals surface area contributed by atoms with Crippen LogP contribution < -0.4 is 10.2 Å². The van der Waals surface area contributed by atoms with Crippen LogP contribution in [0.3, 0.4) is 0 Å². The van der Waals surface area contributed by atoms with Crippen molar-refractivity contribution in [1.82, 2.24) is 0 Å². The van der Waals surface area contributed by atoms with Gasteiger partial charge in [0.15, 0.2) is 6.61 Å². The molecular weight excluding hydrogens is 435 g/mol. The quantitative estimate of drug-likeness (QED) is 0.406. The summed E-state index contributed by atoms with van der Waals surface area (Å²) in [5.41, 5.74) is -1.11. The first-order chi connectivity index (χ1) is 15.1. The van der Waals surface area contributed by atoms with E-state index in [1.165, 1.54) is 18.2 Å². The Morgan fingerprint density at radius 3 is 2.53 bits per heavy atom. The predicted octanol–water partition coefficient (Wildman–Crippen LogP) is 3.25. The Labute approximate surface area is 179 Å². The van der Waals surface area contributed by atoms with Crippen LogP contribution in [0, 0.1) is 10.1 Å². The van der Waals surface area contributed by atoms with Gasteiger partial charge in [-0.2, -0.15) is 13.2 Å². The molecule has 1 N–H and O–H groups in total. The Bertz CT molecular complexity index is 1020.